The van der Waals surface area contributed by atoms with Gasteiger partial charge in [0.2, 0.25) is 0 Å². The van der Waals surface area contributed by atoms with Crippen molar-refractivity contribution in [2.45, 2.75) is 25.7 Å². The molecule has 3 rings (SSSR count). The number of H-pyrrole nitrogens is 1. The van der Waals surface area contributed by atoms with Gasteiger partial charge in [-0.2, -0.15) is 0 Å². The molecule has 0 saturated heterocycles. The Morgan fingerprint density at radius 2 is 2.21 bits per heavy atom. The lowest BCUT2D eigenvalue weighted by Gasteiger charge is -2.18. The first kappa shape index (κ1) is 15.9. The lowest BCUT2D eigenvalue weighted by atomic mass is 9.87. The Kier molecular flexibility index (Phi) is 4.41. The van der Waals surface area contributed by atoms with Crippen molar-refractivity contribution in [2.24, 2.45) is 0 Å². The number of carbonyl (C=O) groups excluding carboxylic acids is 2. The Labute approximate surface area is 137 Å². The van der Waals surface area contributed by atoms with E-state index in [0.29, 0.717) is 18.7 Å². The molecule has 24 heavy (non-hydrogen) atoms. The zero-order chi connectivity index (χ0) is 17.1. The SMILES string of the molecule is CNc1cccc2c1CC(=O)C(C(=O)CCCc1noc(=O)[nH]1)=C2. The minimum Gasteiger partial charge on any atom is -0.388 e. The second-order valence-corrected chi connectivity index (χ2v) is 5.60. The molecule has 2 N–H and O–H groups in total. The van der Waals surface area contributed by atoms with E-state index in [1.807, 2.05) is 18.2 Å². The molecule has 0 unspecified atom stereocenters. The summed E-state index contributed by atoms with van der Waals surface area (Å²) in [5.41, 5.74) is 2.95. The van der Waals surface area contributed by atoms with Gasteiger partial charge in [0.05, 0.1) is 5.57 Å². The van der Waals surface area contributed by atoms with Crippen molar-refractivity contribution in [2.75, 3.05) is 12.4 Å². The van der Waals surface area contributed by atoms with E-state index in [9.17, 15) is 14.4 Å². The zero-order valence-electron chi connectivity index (χ0n) is 13.2. The van der Waals surface area contributed by atoms with Crippen molar-refractivity contribution in [1.29, 1.82) is 0 Å². The summed E-state index contributed by atoms with van der Waals surface area (Å²) in [5.74, 6) is -0.560. The van der Waals surface area contributed by atoms with Crippen LogP contribution in [0.1, 0.15) is 29.8 Å². The van der Waals surface area contributed by atoms with Gasteiger partial charge in [-0.25, -0.2) is 4.79 Å². The van der Waals surface area contributed by atoms with Gasteiger partial charge in [0.25, 0.3) is 0 Å². The molecule has 0 aliphatic heterocycles. The van der Waals surface area contributed by atoms with E-state index in [-0.39, 0.29) is 30.0 Å². The molecule has 1 aromatic heterocycles. The second-order valence-electron chi connectivity index (χ2n) is 5.60. The van der Waals surface area contributed by atoms with Crippen molar-refractivity contribution in [3.63, 3.8) is 0 Å². The minimum atomic E-state index is -0.613. The summed E-state index contributed by atoms with van der Waals surface area (Å²) < 4.78 is 4.40. The van der Waals surface area contributed by atoms with Crippen molar-refractivity contribution in [3.8, 4) is 0 Å². The lowest BCUT2D eigenvalue weighted by molar-refractivity contribution is -0.121. The molecule has 0 atom stereocenters. The molecule has 1 heterocycles. The molecule has 124 valence electrons. The standard InChI is InChI=1S/C17H17N3O4/c1-18-13-5-2-4-10-8-12(15(22)9-11(10)13)14(21)6-3-7-16-19-17(23)24-20-16/h2,4-5,8,18H,3,6-7,9H2,1H3,(H,19,20,23). The largest absolute Gasteiger partial charge is 0.438 e. The highest BCUT2D eigenvalue weighted by atomic mass is 16.5. The van der Waals surface area contributed by atoms with Gasteiger partial charge in [-0.15, -0.1) is 0 Å². The molecule has 0 saturated carbocycles. The summed E-state index contributed by atoms with van der Waals surface area (Å²) in [7, 11) is 1.80. The predicted molar refractivity (Wildman–Crippen MR) is 87.7 cm³/mol. The summed E-state index contributed by atoms with van der Waals surface area (Å²) in [6.45, 7) is 0. The van der Waals surface area contributed by atoms with Crippen LogP contribution in [0.5, 0.6) is 0 Å². The fourth-order valence-corrected chi connectivity index (χ4v) is 2.82. The number of anilines is 1. The maximum Gasteiger partial charge on any atom is 0.438 e. The molecule has 1 aromatic carbocycles. The zero-order valence-corrected chi connectivity index (χ0v) is 13.2. The molecule has 1 aliphatic rings. The Morgan fingerprint density at radius 3 is 2.92 bits per heavy atom. The average Bonchev–Trinajstić information content (AvgIpc) is 2.99. The second kappa shape index (κ2) is 6.66. The fraction of sp³-hybridized carbons (Fsp3) is 0.294. The first-order chi connectivity index (χ1) is 11.6. The summed E-state index contributed by atoms with van der Waals surface area (Å²) in [6.07, 6.45) is 3.01. The summed E-state index contributed by atoms with van der Waals surface area (Å²) >= 11 is 0. The highest BCUT2D eigenvalue weighted by Gasteiger charge is 2.25. The number of aromatic amines is 1. The molecule has 0 spiro atoms. The third-order valence-corrected chi connectivity index (χ3v) is 4.02. The Hall–Kier alpha value is -2.96. The fourth-order valence-electron chi connectivity index (χ4n) is 2.82. The van der Waals surface area contributed by atoms with E-state index in [1.165, 1.54) is 0 Å². The number of carbonyl (C=O) groups is 2. The van der Waals surface area contributed by atoms with Crippen LogP contribution < -0.4 is 11.1 Å². The van der Waals surface area contributed by atoms with Crippen molar-refractivity contribution in [1.82, 2.24) is 10.1 Å². The monoisotopic (exact) mass is 327 g/mol. The number of aryl methyl sites for hydroxylation is 1. The third-order valence-electron chi connectivity index (χ3n) is 4.02. The highest BCUT2D eigenvalue weighted by Crippen LogP contribution is 2.28. The van der Waals surface area contributed by atoms with Crippen LogP contribution >= 0.6 is 0 Å². The van der Waals surface area contributed by atoms with E-state index in [2.05, 4.69) is 20.0 Å². The molecular formula is C17H17N3O4. The Morgan fingerprint density at radius 1 is 1.38 bits per heavy atom. The number of fused-ring (bicyclic) bond motifs is 1. The normalized spacial score (nSPS) is 13.4. The van der Waals surface area contributed by atoms with Crippen molar-refractivity contribution < 1.29 is 14.1 Å². The number of hydrogen-bond acceptors (Lipinski definition) is 6. The van der Waals surface area contributed by atoms with Gasteiger partial charge < -0.3 is 5.32 Å². The van der Waals surface area contributed by atoms with Gasteiger partial charge in [0, 0.05) is 32.0 Å². The summed E-state index contributed by atoms with van der Waals surface area (Å²) in [5, 5.41) is 6.61. The first-order valence-electron chi connectivity index (χ1n) is 7.71. The first-order valence-corrected chi connectivity index (χ1v) is 7.71. The summed E-state index contributed by atoms with van der Waals surface area (Å²) in [6, 6.07) is 5.70. The molecule has 1 aliphatic carbocycles. The van der Waals surface area contributed by atoms with Crippen LogP contribution in [0.15, 0.2) is 33.1 Å². The van der Waals surface area contributed by atoms with Crippen LogP contribution in [0.3, 0.4) is 0 Å². The van der Waals surface area contributed by atoms with Gasteiger partial charge in [-0.05, 0) is 29.7 Å². The van der Waals surface area contributed by atoms with Crippen LogP contribution in [0, 0.1) is 0 Å². The van der Waals surface area contributed by atoms with Gasteiger partial charge in [0.1, 0.15) is 0 Å². The van der Waals surface area contributed by atoms with E-state index < -0.39 is 5.76 Å². The van der Waals surface area contributed by atoms with Gasteiger partial charge >= 0.3 is 5.76 Å². The number of rotatable bonds is 6. The number of nitrogens with one attached hydrogen (secondary N) is 2. The quantitative estimate of drug-likeness (QED) is 0.779. The van der Waals surface area contributed by atoms with E-state index in [1.54, 1.807) is 13.1 Å². The van der Waals surface area contributed by atoms with E-state index in [0.717, 1.165) is 16.8 Å². The number of allylic oxidation sites excluding steroid dienone is 1. The lowest BCUT2D eigenvalue weighted by Crippen LogP contribution is -2.20. The average molecular weight is 327 g/mol. The van der Waals surface area contributed by atoms with Crippen molar-refractivity contribution >= 4 is 23.3 Å². The number of ketones is 2. The molecule has 7 heteroatoms. The van der Waals surface area contributed by atoms with Crippen LogP contribution in [0.4, 0.5) is 5.69 Å². The number of hydrogen-bond donors (Lipinski definition) is 2. The number of aromatic nitrogens is 2. The van der Waals surface area contributed by atoms with Crippen molar-refractivity contribution in [3.05, 3.63) is 51.3 Å². The van der Waals surface area contributed by atoms with Crippen LogP contribution in [-0.4, -0.2) is 28.8 Å². The third kappa shape index (κ3) is 3.19. The van der Waals surface area contributed by atoms with Gasteiger partial charge in [-0.3, -0.25) is 19.1 Å². The minimum absolute atomic E-state index is 0.162. The molecule has 7 nitrogen and oxygen atoms in total. The maximum atomic E-state index is 12.3. The number of nitrogens with zero attached hydrogens (tertiary/aromatic N) is 1. The Bertz CT molecular complexity index is 876. The Balaban J connectivity index is 1.71. The number of Topliss-reactive ketones (excluding diaryl/α,β-unsaturated/α-hetero) is 2. The molecule has 0 bridgehead atoms. The topological polar surface area (TPSA) is 105 Å². The van der Waals surface area contributed by atoms with E-state index in [4.69, 9.17) is 0 Å². The van der Waals surface area contributed by atoms with Crippen LogP contribution in [-0.2, 0) is 22.4 Å². The molecule has 0 fully saturated rings. The van der Waals surface area contributed by atoms with E-state index >= 15 is 0 Å². The van der Waals surface area contributed by atoms with Gasteiger partial charge in [-0.1, -0.05) is 17.3 Å². The van der Waals surface area contributed by atoms with Crippen LogP contribution in [0.25, 0.3) is 6.08 Å². The maximum absolute atomic E-state index is 12.3. The van der Waals surface area contributed by atoms with Crippen LogP contribution in [0.2, 0.25) is 0 Å². The molecule has 0 amide bonds. The molecule has 0 radical (unpaired) electrons. The number of benzene rings is 1. The molecule has 2 aromatic rings. The predicted octanol–water partition coefficient (Wildman–Crippen LogP) is 1.51. The smallest absolute Gasteiger partial charge is 0.388 e. The molecular weight excluding hydrogens is 310 g/mol. The summed E-state index contributed by atoms with van der Waals surface area (Å²) in [4.78, 5) is 37.9. The highest BCUT2D eigenvalue weighted by molar-refractivity contribution is 6.25. The van der Waals surface area contributed by atoms with Gasteiger partial charge in [0.15, 0.2) is 17.4 Å².